The second kappa shape index (κ2) is 9.00. The van der Waals surface area contributed by atoms with E-state index in [0.717, 1.165) is 5.56 Å². The first-order valence-electron chi connectivity index (χ1n) is 9.01. The number of sulfonamides is 1. The Balaban J connectivity index is 1.59. The van der Waals surface area contributed by atoms with Crippen LogP contribution in [0.15, 0.2) is 47.4 Å². The molecule has 1 heterocycles. The molecule has 0 atom stereocenters. The summed E-state index contributed by atoms with van der Waals surface area (Å²) in [6, 6.07) is 12.8. The summed E-state index contributed by atoms with van der Waals surface area (Å²) in [4.78, 5) is 10.5. The van der Waals surface area contributed by atoms with Crippen LogP contribution in [0.3, 0.4) is 0 Å². The van der Waals surface area contributed by atoms with E-state index in [1.54, 1.807) is 30.3 Å². The Labute approximate surface area is 168 Å². The minimum absolute atomic E-state index is 0.00216. The van der Waals surface area contributed by atoms with Crippen molar-refractivity contribution in [3.63, 3.8) is 0 Å². The lowest BCUT2D eigenvalue weighted by Gasteiger charge is -2.26. The Morgan fingerprint density at radius 3 is 2.48 bits per heavy atom. The fourth-order valence-corrected chi connectivity index (χ4v) is 4.42. The average molecular weight is 416 g/mol. The molecule has 0 bridgehead atoms. The van der Waals surface area contributed by atoms with Crippen LogP contribution in [0.1, 0.15) is 11.1 Å². The highest BCUT2D eigenvalue weighted by Gasteiger charge is 2.26. The number of nitriles is 1. The average Bonchev–Trinajstić information content (AvgIpc) is 2.74. The molecule has 3 rings (SSSR count). The third-order valence-corrected chi connectivity index (χ3v) is 6.50. The SMILES string of the molecule is N#Cc1cc(NCCc2ccc(S(=O)(=O)N3CCOCC3)cc2)ccc1[N+](=O)[O-]. The van der Waals surface area contributed by atoms with E-state index >= 15 is 0 Å². The first kappa shape index (κ1) is 20.7. The molecule has 0 unspecified atom stereocenters. The maximum Gasteiger partial charge on any atom is 0.287 e. The number of hydrogen-bond donors (Lipinski definition) is 1. The normalized spacial score (nSPS) is 14.9. The molecule has 1 aliphatic heterocycles. The van der Waals surface area contributed by atoms with E-state index in [2.05, 4.69) is 5.32 Å². The molecule has 0 aromatic heterocycles. The molecule has 1 aliphatic rings. The Morgan fingerprint density at radius 1 is 1.17 bits per heavy atom. The van der Waals surface area contributed by atoms with Gasteiger partial charge in [0.1, 0.15) is 11.6 Å². The summed E-state index contributed by atoms with van der Waals surface area (Å²) >= 11 is 0. The molecular weight excluding hydrogens is 396 g/mol. The van der Waals surface area contributed by atoms with Gasteiger partial charge in [0, 0.05) is 31.4 Å². The van der Waals surface area contributed by atoms with Crippen molar-refractivity contribution in [2.75, 3.05) is 38.2 Å². The first-order valence-corrected chi connectivity index (χ1v) is 10.4. The molecule has 9 nitrogen and oxygen atoms in total. The zero-order valence-corrected chi connectivity index (χ0v) is 16.4. The minimum Gasteiger partial charge on any atom is -0.385 e. The number of nitro benzene ring substituents is 1. The summed E-state index contributed by atoms with van der Waals surface area (Å²) < 4.78 is 31.9. The molecule has 1 N–H and O–H groups in total. The largest absolute Gasteiger partial charge is 0.385 e. The molecular formula is C19H20N4O5S. The van der Waals surface area contributed by atoms with Crippen LogP contribution in [0.2, 0.25) is 0 Å². The Morgan fingerprint density at radius 2 is 1.86 bits per heavy atom. The molecule has 10 heteroatoms. The van der Waals surface area contributed by atoms with Crippen molar-refractivity contribution in [3.05, 3.63) is 63.7 Å². The van der Waals surface area contributed by atoms with Gasteiger partial charge in [-0.3, -0.25) is 10.1 Å². The number of ether oxygens (including phenoxy) is 1. The highest BCUT2D eigenvalue weighted by molar-refractivity contribution is 7.89. The fraction of sp³-hybridized carbons (Fsp3) is 0.316. The maximum atomic E-state index is 12.6. The van der Waals surface area contributed by atoms with E-state index in [-0.39, 0.29) is 16.1 Å². The van der Waals surface area contributed by atoms with Crippen LogP contribution in [-0.2, 0) is 21.2 Å². The number of hydrogen-bond acceptors (Lipinski definition) is 7. The van der Waals surface area contributed by atoms with Gasteiger partial charge in [0.25, 0.3) is 5.69 Å². The molecule has 0 aliphatic carbocycles. The van der Waals surface area contributed by atoms with Gasteiger partial charge in [0.05, 0.1) is 23.0 Å². The van der Waals surface area contributed by atoms with Crippen LogP contribution in [0, 0.1) is 21.4 Å². The van der Waals surface area contributed by atoms with Gasteiger partial charge in [-0.2, -0.15) is 9.57 Å². The second-order valence-electron chi connectivity index (χ2n) is 6.44. The van der Waals surface area contributed by atoms with Crippen molar-refractivity contribution < 1.29 is 18.1 Å². The van der Waals surface area contributed by atoms with Gasteiger partial charge in [0.2, 0.25) is 10.0 Å². The molecule has 2 aromatic rings. The number of nitro groups is 1. The zero-order chi connectivity index (χ0) is 20.9. The predicted molar refractivity (Wildman–Crippen MR) is 106 cm³/mol. The Hall–Kier alpha value is -3.00. The minimum atomic E-state index is -3.51. The standard InChI is InChI=1S/C19H20N4O5S/c20-14-16-13-17(3-6-19(16)23(24)25)21-8-7-15-1-4-18(5-2-15)29(26,27)22-9-11-28-12-10-22/h1-6,13,21H,7-12H2. The summed E-state index contributed by atoms with van der Waals surface area (Å²) in [5.41, 5.74) is 1.33. The van der Waals surface area contributed by atoms with Crippen LogP contribution >= 0.6 is 0 Å². The molecule has 0 saturated carbocycles. The number of morpholine rings is 1. The number of benzene rings is 2. The van der Waals surface area contributed by atoms with Crippen molar-refractivity contribution in [3.8, 4) is 6.07 Å². The lowest BCUT2D eigenvalue weighted by molar-refractivity contribution is -0.385. The third kappa shape index (κ3) is 4.89. The van der Waals surface area contributed by atoms with Crippen molar-refractivity contribution in [1.82, 2.24) is 4.31 Å². The topological polar surface area (TPSA) is 126 Å². The molecule has 0 amide bonds. The fourth-order valence-electron chi connectivity index (χ4n) is 3.01. The molecule has 1 saturated heterocycles. The quantitative estimate of drug-likeness (QED) is 0.541. The maximum absolute atomic E-state index is 12.6. The first-order chi connectivity index (χ1) is 13.9. The summed E-state index contributed by atoms with van der Waals surface area (Å²) in [6.07, 6.45) is 0.622. The number of rotatable bonds is 7. The van der Waals surface area contributed by atoms with Crippen LogP contribution in [0.25, 0.3) is 0 Å². The van der Waals surface area contributed by atoms with Crippen LogP contribution in [0.4, 0.5) is 11.4 Å². The Bertz CT molecular complexity index is 1030. The van der Waals surface area contributed by atoms with Gasteiger partial charge in [-0.1, -0.05) is 12.1 Å². The highest BCUT2D eigenvalue weighted by atomic mass is 32.2. The molecule has 1 fully saturated rings. The van der Waals surface area contributed by atoms with Gasteiger partial charge in [-0.05, 0) is 36.2 Å². The second-order valence-corrected chi connectivity index (χ2v) is 8.38. The van der Waals surface area contributed by atoms with Gasteiger partial charge in [0.15, 0.2) is 0 Å². The van der Waals surface area contributed by atoms with Crippen molar-refractivity contribution in [2.24, 2.45) is 0 Å². The Kier molecular flexibility index (Phi) is 6.43. The van der Waals surface area contributed by atoms with E-state index in [0.29, 0.717) is 45.0 Å². The van der Waals surface area contributed by atoms with Gasteiger partial charge in [-0.15, -0.1) is 0 Å². The zero-order valence-electron chi connectivity index (χ0n) is 15.6. The summed E-state index contributed by atoms with van der Waals surface area (Å²) in [7, 11) is -3.51. The van der Waals surface area contributed by atoms with Crippen molar-refractivity contribution >= 4 is 21.4 Å². The third-order valence-electron chi connectivity index (χ3n) is 4.59. The smallest absolute Gasteiger partial charge is 0.287 e. The van der Waals surface area contributed by atoms with E-state index in [1.807, 2.05) is 6.07 Å². The predicted octanol–water partition coefficient (Wildman–Crippen LogP) is 2.14. The highest BCUT2D eigenvalue weighted by Crippen LogP contribution is 2.22. The molecule has 0 radical (unpaired) electrons. The number of nitrogens with zero attached hydrogens (tertiary/aromatic N) is 3. The number of nitrogens with one attached hydrogen (secondary N) is 1. The molecule has 152 valence electrons. The van der Waals surface area contributed by atoms with E-state index in [1.165, 1.54) is 16.4 Å². The van der Waals surface area contributed by atoms with E-state index in [4.69, 9.17) is 10.00 Å². The van der Waals surface area contributed by atoms with Crippen molar-refractivity contribution in [1.29, 1.82) is 5.26 Å². The summed E-state index contributed by atoms with van der Waals surface area (Å²) in [5.74, 6) is 0. The van der Waals surface area contributed by atoms with Gasteiger partial charge in [-0.25, -0.2) is 8.42 Å². The van der Waals surface area contributed by atoms with E-state index in [9.17, 15) is 18.5 Å². The summed E-state index contributed by atoms with van der Waals surface area (Å²) in [6.45, 7) is 2.04. The van der Waals surface area contributed by atoms with Crippen LogP contribution < -0.4 is 5.32 Å². The monoisotopic (exact) mass is 416 g/mol. The van der Waals surface area contributed by atoms with E-state index < -0.39 is 14.9 Å². The molecule has 0 spiro atoms. The lowest BCUT2D eigenvalue weighted by atomic mass is 10.1. The van der Waals surface area contributed by atoms with Gasteiger partial charge < -0.3 is 10.1 Å². The molecule has 29 heavy (non-hydrogen) atoms. The van der Waals surface area contributed by atoms with Crippen LogP contribution in [0.5, 0.6) is 0 Å². The molecule has 2 aromatic carbocycles. The lowest BCUT2D eigenvalue weighted by Crippen LogP contribution is -2.40. The summed E-state index contributed by atoms with van der Waals surface area (Å²) in [5, 5.41) is 23.0. The van der Waals surface area contributed by atoms with Crippen LogP contribution in [-0.4, -0.2) is 50.5 Å². The van der Waals surface area contributed by atoms with Crippen molar-refractivity contribution in [2.45, 2.75) is 11.3 Å². The van der Waals surface area contributed by atoms with Gasteiger partial charge >= 0.3 is 0 Å². The number of anilines is 1.